The minimum atomic E-state index is -0.410. The average molecular weight is 175 g/mol. The van der Waals surface area contributed by atoms with E-state index in [0.717, 1.165) is 5.56 Å². The molecule has 4 heteroatoms. The highest BCUT2D eigenvalue weighted by atomic mass is 35.5. The molecule has 60 valence electrons. The van der Waals surface area contributed by atoms with Gasteiger partial charge in [-0.15, -0.1) is 0 Å². The molecule has 0 unspecified atom stereocenters. The molecule has 0 bridgehead atoms. The van der Waals surface area contributed by atoms with Crippen molar-refractivity contribution in [3.8, 4) is 0 Å². The van der Waals surface area contributed by atoms with E-state index in [9.17, 15) is 4.39 Å². The van der Waals surface area contributed by atoms with Crippen LogP contribution in [0.3, 0.4) is 0 Å². The zero-order chi connectivity index (χ0) is 8.27. The number of benzene rings is 1. The van der Waals surface area contributed by atoms with Gasteiger partial charge in [-0.05, 0) is 17.7 Å². The molecule has 1 aromatic rings. The molecule has 0 fully saturated rings. The SMILES string of the molecule is NNCc1ccc(F)c(Cl)c1. The monoisotopic (exact) mass is 174 g/mol. The summed E-state index contributed by atoms with van der Waals surface area (Å²) in [4.78, 5) is 0. The van der Waals surface area contributed by atoms with Gasteiger partial charge in [0.1, 0.15) is 5.82 Å². The van der Waals surface area contributed by atoms with Gasteiger partial charge in [0.25, 0.3) is 0 Å². The van der Waals surface area contributed by atoms with Crippen LogP contribution in [0.25, 0.3) is 0 Å². The zero-order valence-corrected chi connectivity index (χ0v) is 6.53. The van der Waals surface area contributed by atoms with Crippen LogP contribution in [0.4, 0.5) is 4.39 Å². The van der Waals surface area contributed by atoms with Crippen molar-refractivity contribution in [3.63, 3.8) is 0 Å². The lowest BCUT2D eigenvalue weighted by molar-refractivity contribution is 0.626. The van der Waals surface area contributed by atoms with Crippen molar-refractivity contribution in [2.45, 2.75) is 6.54 Å². The first-order valence-electron chi connectivity index (χ1n) is 3.11. The highest BCUT2D eigenvalue weighted by Crippen LogP contribution is 2.15. The Hall–Kier alpha value is -0.640. The van der Waals surface area contributed by atoms with Crippen molar-refractivity contribution in [1.29, 1.82) is 0 Å². The van der Waals surface area contributed by atoms with Crippen molar-refractivity contribution >= 4 is 11.6 Å². The van der Waals surface area contributed by atoms with Gasteiger partial charge in [0.2, 0.25) is 0 Å². The quantitative estimate of drug-likeness (QED) is 0.526. The van der Waals surface area contributed by atoms with Crippen LogP contribution in [0, 0.1) is 5.82 Å². The Bertz CT molecular complexity index is 252. The molecular formula is C7H8ClFN2. The number of hydrogen-bond donors (Lipinski definition) is 2. The summed E-state index contributed by atoms with van der Waals surface area (Å²) in [5.74, 6) is 4.65. The van der Waals surface area contributed by atoms with Crippen molar-refractivity contribution in [1.82, 2.24) is 5.43 Å². The molecule has 0 radical (unpaired) electrons. The highest BCUT2D eigenvalue weighted by molar-refractivity contribution is 6.30. The molecule has 0 saturated heterocycles. The van der Waals surface area contributed by atoms with E-state index in [1.807, 2.05) is 0 Å². The van der Waals surface area contributed by atoms with Gasteiger partial charge in [0, 0.05) is 6.54 Å². The lowest BCUT2D eigenvalue weighted by Crippen LogP contribution is -2.20. The van der Waals surface area contributed by atoms with Crippen molar-refractivity contribution in [2.75, 3.05) is 0 Å². The number of hydrogen-bond acceptors (Lipinski definition) is 2. The molecule has 0 aliphatic carbocycles. The topological polar surface area (TPSA) is 38.0 Å². The standard InChI is InChI=1S/C7H8ClFN2/c8-6-3-5(4-11-10)1-2-7(6)9/h1-3,11H,4,10H2. The van der Waals surface area contributed by atoms with E-state index < -0.39 is 5.82 Å². The molecule has 0 spiro atoms. The molecule has 3 N–H and O–H groups in total. The van der Waals surface area contributed by atoms with Crippen molar-refractivity contribution in [3.05, 3.63) is 34.6 Å². The van der Waals surface area contributed by atoms with Crippen molar-refractivity contribution < 1.29 is 4.39 Å². The van der Waals surface area contributed by atoms with Gasteiger partial charge in [-0.1, -0.05) is 17.7 Å². The van der Waals surface area contributed by atoms with Crippen LogP contribution in [0.15, 0.2) is 18.2 Å². The molecule has 0 aromatic heterocycles. The van der Waals surface area contributed by atoms with Crippen LogP contribution in [-0.4, -0.2) is 0 Å². The second-order valence-electron chi connectivity index (χ2n) is 2.13. The van der Waals surface area contributed by atoms with Crippen LogP contribution in [0.5, 0.6) is 0 Å². The Morgan fingerprint density at radius 2 is 2.27 bits per heavy atom. The molecule has 2 nitrogen and oxygen atoms in total. The largest absolute Gasteiger partial charge is 0.271 e. The van der Waals surface area contributed by atoms with Gasteiger partial charge in [0.05, 0.1) is 5.02 Å². The van der Waals surface area contributed by atoms with E-state index in [1.54, 1.807) is 6.07 Å². The predicted molar refractivity (Wildman–Crippen MR) is 42.4 cm³/mol. The average Bonchev–Trinajstić information content (AvgIpc) is 1.98. The van der Waals surface area contributed by atoms with Crippen LogP contribution >= 0.6 is 11.6 Å². The van der Waals surface area contributed by atoms with Crippen LogP contribution in [0.1, 0.15) is 5.56 Å². The second-order valence-corrected chi connectivity index (χ2v) is 2.54. The van der Waals surface area contributed by atoms with Gasteiger partial charge in [0.15, 0.2) is 0 Å². The molecule has 1 aromatic carbocycles. The van der Waals surface area contributed by atoms with Gasteiger partial charge in [-0.3, -0.25) is 11.3 Å². The zero-order valence-electron chi connectivity index (χ0n) is 5.77. The molecular weight excluding hydrogens is 167 g/mol. The summed E-state index contributed by atoms with van der Waals surface area (Å²) in [7, 11) is 0. The summed E-state index contributed by atoms with van der Waals surface area (Å²) in [6.07, 6.45) is 0. The van der Waals surface area contributed by atoms with E-state index >= 15 is 0 Å². The lowest BCUT2D eigenvalue weighted by Gasteiger charge is -2.00. The maximum atomic E-state index is 12.6. The Kier molecular flexibility index (Phi) is 2.82. The molecule has 0 atom stereocenters. The summed E-state index contributed by atoms with van der Waals surface area (Å²) >= 11 is 5.51. The number of nitrogens with one attached hydrogen (secondary N) is 1. The van der Waals surface area contributed by atoms with Crippen LogP contribution in [-0.2, 0) is 6.54 Å². The van der Waals surface area contributed by atoms with Crippen molar-refractivity contribution in [2.24, 2.45) is 5.84 Å². The fourth-order valence-corrected chi connectivity index (χ4v) is 0.971. The second kappa shape index (κ2) is 3.67. The smallest absolute Gasteiger partial charge is 0.141 e. The highest BCUT2D eigenvalue weighted by Gasteiger charge is 1.98. The number of hydrazine groups is 1. The molecule has 0 heterocycles. The molecule has 1 rings (SSSR count). The Morgan fingerprint density at radius 1 is 1.55 bits per heavy atom. The third kappa shape index (κ3) is 2.15. The number of halogens is 2. The molecule has 0 aliphatic rings. The summed E-state index contributed by atoms with van der Waals surface area (Å²) in [5, 5.41) is 0.123. The number of nitrogens with two attached hydrogens (primary N) is 1. The Morgan fingerprint density at radius 3 is 2.82 bits per heavy atom. The maximum Gasteiger partial charge on any atom is 0.141 e. The van der Waals surface area contributed by atoms with Crippen LogP contribution < -0.4 is 11.3 Å². The minimum Gasteiger partial charge on any atom is -0.271 e. The van der Waals surface area contributed by atoms with E-state index in [2.05, 4.69) is 5.43 Å². The first-order valence-corrected chi connectivity index (χ1v) is 3.49. The fourth-order valence-electron chi connectivity index (χ4n) is 0.767. The van der Waals surface area contributed by atoms with Gasteiger partial charge in [-0.2, -0.15) is 0 Å². The predicted octanol–water partition coefficient (Wildman–Crippen LogP) is 1.44. The first-order chi connectivity index (χ1) is 5.24. The minimum absolute atomic E-state index is 0.123. The summed E-state index contributed by atoms with van der Waals surface area (Å²) in [6, 6.07) is 4.48. The summed E-state index contributed by atoms with van der Waals surface area (Å²) in [6.45, 7) is 0.486. The van der Waals surface area contributed by atoms with Gasteiger partial charge < -0.3 is 0 Å². The Labute approximate surface area is 69.1 Å². The lowest BCUT2D eigenvalue weighted by atomic mass is 10.2. The fraction of sp³-hybridized carbons (Fsp3) is 0.143. The van der Waals surface area contributed by atoms with E-state index in [1.165, 1.54) is 12.1 Å². The third-order valence-electron chi connectivity index (χ3n) is 1.29. The molecule has 0 amide bonds. The maximum absolute atomic E-state index is 12.6. The Balaban J connectivity index is 2.86. The van der Waals surface area contributed by atoms with E-state index in [-0.39, 0.29) is 5.02 Å². The first kappa shape index (κ1) is 8.46. The normalized spacial score (nSPS) is 10.1. The number of rotatable bonds is 2. The van der Waals surface area contributed by atoms with E-state index in [0.29, 0.717) is 6.54 Å². The summed E-state index contributed by atoms with van der Waals surface area (Å²) < 4.78 is 12.6. The third-order valence-corrected chi connectivity index (χ3v) is 1.58. The molecule has 0 aliphatic heterocycles. The van der Waals surface area contributed by atoms with Gasteiger partial charge in [-0.25, -0.2) is 4.39 Å². The molecule has 0 saturated carbocycles. The van der Waals surface area contributed by atoms with E-state index in [4.69, 9.17) is 17.4 Å². The molecule has 11 heavy (non-hydrogen) atoms. The summed E-state index contributed by atoms with van der Waals surface area (Å²) in [5.41, 5.74) is 3.31. The van der Waals surface area contributed by atoms with Crippen LogP contribution in [0.2, 0.25) is 5.02 Å². The van der Waals surface area contributed by atoms with Gasteiger partial charge >= 0.3 is 0 Å².